The molecule has 1 saturated heterocycles. The first-order chi connectivity index (χ1) is 10.7. The summed E-state index contributed by atoms with van der Waals surface area (Å²) in [5.74, 6) is -0.297. The maximum absolute atomic E-state index is 11.9. The topological polar surface area (TPSA) is 79.5 Å². The van der Waals surface area contributed by atoms with Gasteiger partial charge >= 0.3 is 6.09 Å². The van der Waals surface area contributed by atoms with Crippen LogP contribution in [0.1, 0.15) is 0 Å². The predicted molar refractivity (Wildman–Crippen MR) is 83.1 cm³/mol. The molecule has 0 saturated carbocycles. The SMILES string of the molecule is O=C1N[C@H](C(=O)Nc2ccc(Nc3ccccc3)cc2)CO1. The molecule has 22 heavy (non-hydrogen) atoms. The molecule has 1 atom stereocenters. The Bertz CT molecular complexity index is 671. The smallest absolute Gasteiger partial charge is 0.407 e. The van der Waals surface area contributed by atoms with Crippen LogP contribution < -0.4 is 16.0 Å². The summed E-state index contributed by atoms with van der Waals surface area (Å²) in [6.07, 6.45) is -0.567. The van der Waals surface area contributed by atoms with E-state index in [9.17, 15) is 9.59 Å². The minimum absolute atomic E-state index is 0.0539. The van der Waals surface area contributed by atoms with Crippen LogP contribution in [-0.2, 0) is 9.53 Å². The zero-order valence-electron chi connectivity index (χ0n) is 11.7. The number of rotatable bonds is 4. The van der Waals surface area contributed by atoms with Gasteiger partial charge in [0.25, 0.3) is 5.91 Å². The summed E-state index contributed by atoms with van der Waals surface area (Å²) in [5, 5.41) is 8.42. The first-order valence-corrected chi connectivity index (χ1v) is 6.87. The van der Waals surface area contributed by atoms with E-state index >= 15 is 0 Å². The van der Waals surface area contributed by atoms with Crippen molar-refractivity contribution in [2.45, 2.75) is 6.04 Å². The fourth-order valence-electron chi connectivity index (χ4n) is 2.08. The number of amides is 2. The Morgan fingerprint density at radius 3 is 2.27 bits per heavy atom. The number of benzene rings is 2. The summed E-state index contributed by atoms with van der Waals surface area (Å²) in [5.41, 5.74) is 2.57. The van der Waals surface area contributed by atoms with Crippen LogP contribution in [-0.4, -0.2) is 24.6 Å². The Kier molecular flexibility index (Phi) is 3.91. The lowest BCUT2D eigenvalue weighted by atomic mass is 10.2. The Morgan fingerprint density at radius 1 is 1.00 bits per heavy atom. The monoisotopic (exact) mass is 297 g/mol. The van der Waals surface area contributed by atoms with Crippen molar-refractivity contribution in [1.29, 1.82) is 0 Å². The third-order valence-corrected chi connectivity index (χ3v) is 3.20. The van der Waals surface area contributed by atoms with Gasteiger partial charge in [-0.25, -0.2) is 4.79 Å². The molecule has 3 rings (SSSR count). The van der Waals surface area contributed by atoms with E-state index in [1.54, 1.807) is 12.1 Å². The van der Waals surface area contributed by atoms with E-state index in [0.717, 1.165) is 11.4 Å². The summed E-state index contributed by atoms with van der Waals surface area (Å²) < 4.78 is 4.69. The number of carbonyl (C=O) groups excluding carboxylic acids is 2. The molecule has 0 aromatic heterocycles. The molecule has 6 heteroatoms. The van der Waals surface area contributed by atoms with Crippen molar-refractivity contribution in [1.82, 2.24) is 5.32 Å². The third kappa shape index (κ3) is 3.35. The Balaban J connectivity index is 1.59. The Hall–Kier alpha value is -3.02. The average Bonchev–Trinajstić information content (AvgIpc) is 2.97. The number of anilines is 3. The molecule has 0 aliphatic carbocycles. The predicted octanol–water partition coefficient (Wildman–Crippen LogP) is 2.48. The van der Waals surface area contributed by atoms with Crippen molar-refractivity contribution in [2.24, 2.45) is 0 Å². The fraction of sp³-hybridized carbons (Fsp3) is 0.125. The fourth-order valence-corrected chi connectivity index (χ4v) is 2.08. The molecular formula is C16H15N3O3. The molecule has 3 N–H and O–H groups in total. The lowest BCUT2D eigenvalue weighted by molar-refractivity contribution is -0.117. The third-order valence-electron chi connectivity index (χ3n) is 3.20. The number of hydrogen-bond acceptors (Lipinski definition) is 4. The van der Waals surface area contributed by atoms with Crippen LogP contribution in [0.15, 0.2) is 54.6 Å². The maximum Gasteiger partial charge on any atom is 0.407 e. The van der Waals surface area contributed by atoms with Crippen molar-refractivity contribution in [3.8, 4) is 0 Å². The average molecular weight is 297 g/mol. The highest BCUT2D eigenvalue weighted by Gasteiger charge is 2.28. The molecule has 6 nitrogen and oxygen atoms in total. The van der Waals surface area contributed by atoms with E-state index in [1.807, 2.05) is 42.5 Å². The maximum atomic E-state index is 11.9. The molecule has 112 valence electrons. The summed E-state index contributed by atoms with van der Waals surface area (Å²) >= 11 is 0. The first-order valence-electron chi connectivity index (χ1n) is 6.87. The minimum atomic E-state index is -0.644. The highest BCUT2D eigenvalue weighted by molar-refractivity contribution is 5.97. The summed E-state index contributed by atoms with van der Waals surface area (Å²) in [6, 6.07) is 16.5. The summed E-state index contributed by atoms with van der Waals surface area (Å²) in [4.78, 5) is 22.8. The minimum Gasteiger partial charge on any atom is -0.447 e. The number of carbonyl (C=O) groups is 2. The van der Waals surface area contributed by atoms with Gasteiger partial charge in [-0.1, -0.05) is 18.2 Å². The molecule has 2 aromatic carbocycles. The second-order valence-electron chi connectivity index (χ2n) is 4.85. The Labute approximate surface area is 127 Å². The van der Waals surface area contributed by atoms with Gasteiger partial charge in [0.2, 0.25) is 0 Å². The normalized spacial score (nSPS) is 16.5. The standard InChI is InChI=1S/C16H15N3O3/c20-15(14-10-22-16(21)19-14)18-13-8-6-12(7-9-13)17-11-4-2-1-3-5-11/h1-9,14,17H,10H2,(H,18,20)(H,19,21)/t14-/m0/s1. The molecule has 0 spiro atoms. The molecule has 0 radical (unpaired) electrons. The second-order valence-corrected chi connectivity index (χ2v) is 4.85. The molecule has 1 aliphatic heterocycles. The van der Waals surface area contributed by atoms with Gasteiger partial charge < -0.3 is 20.7 Å². The van der Waals surface area contributed by atoms with Gasteiger partial charge in [-0.3, -0.25) is 4.79 Å². The van der Waals surface area contributed by atoms with Crippen LogP contribution in [0, 0.1) is 0 Å². The molecule has 0 unspecified atom stereocenters. The largest absolute Gasteiger partial charge is 0.447 e. The van der Waals surface area contributed by atoms with Gasteiger partial charge in [0.1, 0.15) is 12.6 Å². The number of para-hydroxylation sites is 1. The molecule has 1 fully saturated rings. The van der Waals surface area contributed by atoms with Crippen molar-refractivity contribution in [3.05, 3.63) is 54.6 Å². The molecule has 2 amide bonds. The van der Waals surface area contributed by atoms with Gasteiger partial charge in [0.05, 0.1) is 0 Å². The highest BCUT2D eigenvalue weighted by Crippen LogP contribution is 2.18. The lowest BCUT2D eigenvalue weighted by Gasteiger charge is -2.10. The summed E-state index contributed by atoms with van der Waals surface area (Å²) in [6.45, 7) is 0.0539. The number of nitrogens with one attached hydrogen (secondary N) is 3. The van der Waals surface area contributed by atoms with Crippen molar-refractivity contribution >= 4 is 29.1 Å². The van der Waals surface area contributed by atoms with E-state index in [-0.39, 0.29) is 12.5 Å². The molecule has 2 aromatic rings. The molecular weight excluding hydrogens is 282 g/mol. The summed E-state index contributed by atoms with van der Waals surface area (Å²) in [7, 11) is 0. The highest BCUT2D eigenvalue weighted by atomic mass is 16.6. The number of hydrogen-bond donors (Lipinski definition) is 3. The van der Waals surface area contributed by atoms with E-state index in [1.165, 1.54) is 0 Å². The van der Waals surface area contributed by atoms with Crippen molar-refractivity contribution in [2.75, 3.05) is 17.2 Å². The van der Waals surface area contributed by atoms with E-state index in [0.29, 0.717) is 5.69 Å². The van der Waals surface area contributed by atoms with Crippen LogP contribution in [0.5, 0.6) is 0 Å². The zero-order chi connectivity index (χ0) is 15.4. The number of cyclic esters (lactones) is 1. The van der Waals surface area contributed by atoms with Crippen LogP contribution in [0.2, 0.25) is 0 Å². The number of ether oxygens (including phenoxy) is 1. The molecule has 1 aliphatic rings. The Morgan fingerprint density at radius 2 is 1.64 bits per heavy atom. The second kappa shape index (κ2) is 6.17. The lowest BCUT2D eigenvalue weighted by Crippen LogP contribution is -2.38. The van der Waals surface area contributed by atoms with Gasteiger partial charge in [-0.15, -0.1) is 0 Å². The van der Waals surface area contributed by atoms with E-state index in [4.69, 9.17) is 0 Å². The van der Waals surface area contributed by atoms with Gasteiger partial charge in [-0.2, -0.15) is 0 Å². The quantitative estimate of drug-likeness (QED) is 0.810. The van der Waals surface area contributed by atoms with Crippen LogP contribution in [0.3, 0.4) is 0 Å². The van der Waals surface area contributed by atoms with Crippen LogP contribution >= 0.6 is 0 Å². The van der Waals surface area contributed by atoms with Gasteiger partial charge in [0, 0.05) is 17.1 Å². The number of alkyl carbamates (subject to hydrolysis) is 1. The van der Waals surface area contributed by atoms with Gasteiger partial charge in [0.15, 0.2) is 0 Å². The van der Waals surface area contributed by atoms with Crippen molar-refractivity contribution < 1.29 is 14.3 Å². The van der Waals surface area contributed by atoms with Crippen LogP contribution in [0.25, 0.3) is 0 Å². The van der Waals surface area contributed by atoms with Crippen LogP contribution in [0.4, 0.5) is 21.9 Å². The molecule has 1 heterocycles. The zero-order valence-corrected chi connectivity index (χ0v) is 11.7. The first kappa shape index (κ1) is 13.9. The van der Waals surface area contributed by atoms with Crippen molar-refractivity contribution in [3.63, 3.8) is 0 Å². The molecule has 0 bridgehead atoms. The van der Waals surface area contributed by atoms with E-state index < -0.39 is 12.1 Å². The van der Waals surface area contributed by atoms with E-state index in [2.05, 4.69) is 20.7 Å². The van der Waals surface area contributed by atoms with Gasteiger partial charge in [-0.05, 0) is 36.4 Å².